The summed E-state index contributed by atoms with van der Waals surface area (Å²) in [6.07, 6.45) is 12.5. The largest absolute Gasteiger partial charge is 0.252 e. The molecule has 1 unspecified atom stereocenters. The lowest BCUT2D eigenvalue weighted by molar-refractivity contribution is 0.367. The van der Waals surface area contributed by atoms with Crippen LogP contribution in [0.1, 0.15) is 79.6 Å². The first kappa shape index (κ1) is 19.9. The SMILES string of the molecule is C=C=C(N=C/C(=C\C)CCC)C(CCC)CC(CC)CC. The molecule has 0 fully saturated rings. The second-order valence-electron chi connectivity index (χ2n) is 5.84. The van der Waals surface area contributed by atoms with Crippen molar-refractivity contribution in [1.82, 2.24) is 0 Å². The van der Waals surface area contributed by atoms with Crippen molar-refractivity contribution in [3.63, 3.8) is 0 Å². The number of allylic oxidation sites excluding steroid dienone is 3. The highest BCUT2D eigenvalue weighted by Crippen LogP contribution is 2.28. The molecule has 1 atom stereocenters. The van der Waals surface area contributed by atoms with E-state index in [4.69, 9.17) is 4.99 Å². The van der Waals surface area contributed by atoms with Crippen LogP contribution in [0.3, 0.4) is 0 Å². The molecule has 0 bridgehead atoms. The van der Waals surface area contributed by atoms with Crippen LogP contribution in [0.5, 0.6) is 0 Å². The summed E-state index contributed by atoms with van der Waals surface area (Å²) < 4.78 is 0. The summed E-state index contributed by atoms with van der Waals surface area (Å²) in [5.41, 5.74) is 5.47. The number of hydrogen-bond acceptors (Lipinski definition) is 1. The van der Waals surface area contributed by atoms with Gasteiger partial charge < -0.3 is 0 Å². The Morgan fingerprint density at radius 1 is 1.14 bits per heavy atom. The minimum atomic E-state index is 0.508. The average Bonchev–Trinajstić information content (AvgIpc) is 2.51. The molecule has 0 saturated carbocycles. The predicted octanol–water partition coefficient (Wildman–Crippen LogP) is 6.72. The molecule has 0 aromatic heterocycles. The Balaban J connectivity index is 4.99. The van der Waals surface area contributed by atoms with Gasteiger partial charge in [-0.2, -0.15) is 0 Å². The number of aliphatic imine (C=N–C) groups is 1. The highest BCUT2D eigenvalue weighted by Gasteiger charge is 2.17. The van der Waals surface area contributed by atoms with Crippen molar-refractivity contribution in [2.45, 2.75) is 79.6 Å². The summed E-state index contributed by atoms with van der Waals surface area (Å²) in [4.78, 5) is 4.72. The van der Waals surface area contributed by atoms with E-state index >= 15 is 0 Å². The van der Waals surface area contributed by atoms with Gasteiger partial charge in [-0.25, -0.2) is 0 Å². The van der Waals surface area contributed by atoms with Gasteiger partial charge in [0.2, 0.25) is 0 Å². The maximum absolute atomic E-state index is 4.72. The van der Waals surface area contributed by atoms with E-state index in [-0.39, 0.29) is 0 Å². The molecule has 0 spiro atoms. The molecule has 0 aromatic carbocycles. The Morgan fingerprint density at radius 3 is 2.24 bits per heavy atom. The van der Waals surface area contributed by atoms with Crippen LogP contribution in [0.15, 0.2) is 34.6 Å². The van der Waals surface area contributed by atoms with Crippen molar-refractivity contribution in [2.75, 3.05) is 0 Å². The normalized spacial score (nSPS) is 13.7. The van der Waals surface area contributed by atoms with E-state index < -0.39 is 0 Å². The summed E-state index contributed by atoms with van der Waals surface area (Å²) in [7, 11) is 0. The zero-order chi connectivity index (χ0) is 16.1. The quantitative estimate of drug-likeness (QED) is 0.296. The van der Waals surface area contributed by atoms with Gasteiger partial charge in [0.15, 0.2) is 0 Å². The van der Waals surface area contributed by atoms with Gasteiger partial charge in [0, 0.05) is 12.1 Å². The van der Waals surface area contributed by atoms with E-state index in [0.29, 0.717) is 5.92 Å². The smallest absolute Gasteiger partial charge is 0.0845 e. The topological polar surface area (TPSA) is 12.4 Å². The van der Waals surface area contributed by atoms with E-state index in [0.717, 1.165) is 24.5 Å². The van der Waals surface area contributed by atoms with Gasteiger partial charge >= 0.3 is 0 Å². The zero-order valence-electron chi connectivity index (χ0n) is 14.9. The molecule has 1 heteroatoms. The van der Waals surface area contributed by atoms with E-state index in [2.05, 4.69) is 53.0 Å². The molecule has 0 rings (SSSR count). The van der Waals surface area contributed by atoms with Gasteiger partial charge in [0.1, 0.15) is 0 Å². The van der Waals surface area contributed by atoms with Crippen molar-refractivity contribution in [2.24, 2.45) is 16.8 Å². The third-order valence-electron chi connectivity index (χ3n) is 4.26. The molecular formula is C20H35N. The number of hydrogen-bond donors (Lipinski definition) is 0. The van der Waals surface area contributed by atoms with Crippen LogP contribution in [-0.4, -0.2) is 6.21 Å². The van der Waals surface area contributed by atoms with Crippen molar-refractivity contribution >= 4 is 6.21 Å². The van der Waals surface area contributed by atoms with Gasteiger partial charge in [-0.05, 0) is 37.7 Å². The minimum absolute atomic E-state index is 0.508. The third kappa shape index (κ3) is 8.07. The van der Waals surface area contributed by atoms with E-state index in [1.54, 1.807) is 0 Å². The molecule has 0 aliphatic heterocycles. The highest BCUT2D eigenvalue weighted by atomic mass is 14.7. The molecule has 0 N–H and O–H groups in total. The first-order valence-electron chi connectivity index (χ1n) is 8.75. The molecule has 0 radical (unpaired) electrons. The lowest BCUT2D eigenvalue weighted by Gasteiger charge is -2.21. The van der Waals surface area contributed by atoms with Crippen LogP contribution in [-0.2, 0) is 0 Å². The molecule has 0 heterocycles. The maximum atomic E-state index is 4.72. The second kappa shape index (κ2) is 12.7. The van der Waals surface area contributed by atoms with Crippen LogP contribution in [0, 0.1) is 11.8 Å². The van der Waals surface area contributed by atoms with Crippen LogP contribution in [0.2, 0.25) is 0 Å². The molecule has 0 aliphatic carbocycles. The Kier molecular flexibility index (Phi) is 12.0. The lowest BCUT2D eigenvalue weighted by atomic mass is 9.86. The maximum Gasteiger partial charge on any atom is 0.0845 e. The van der Waals surface area contributed by atoms with Gasteiger partial charge in [-0.3, -0.25) is 4.99 Å². The number of rotatable bonds is 11. The van der Waals surface area contributed by atoms with Crippen molar-refractivity contribution in [3.05, 3.63) is 29.7 Å². The van der Waals surface area contributed by atoms with Gasteiger partial charge in [0.25, 0.3) is 0 Å². The first-order valence-corrected chi connectivity index (χ1v) is 8.75. The summed E-state index contributed by atoms with van der Waals surface area (Å²) in [6.45, 7) is 15.0. The molecule has 21 heavy (non-hydrogen) atoms. The summed E-state index contributed by atoms with van der Waals surface area (Å²) in [6, 6.07) is 0. The van der Waals surface area contributed by atoms with Gasteiger partial charge in [-0.1, -0.05) is 66.0 Å². The fraction of sp³-hybridized carbons (Fsp3) is 0.700. The zero-order valence-corrected chi connectivity index (χ0v) is 14.9. The molecular weight excluding hydrogens is 254 g/mol. The van der Waals surface area contributed by atoms with Crippen molar-refractivity contribution < 1.29 is 0 Å². The van der Waals surface area contributed by atoms with E-state index in [1.165, 1.54) is 37.7 Å². The summed E-state index contributed by atoms with van der Waals surface area (Å²) in [5.74, 6) is 1.30. The molecule has 0 saturated heterocycles. The first-order chi connectivity index (χ1) is 10.2. The van der Waals surface area contributed by atoms with Gasteiger partial charge in [-0.15, -0.1) is 5.73 Å². The summed E-state index contributed by atoms with van der Waals surface area (Å²) >= 11 is 0. The third-order valence-corrected chi connectivity index (χ3v) is 4.26. The lowest BCUT2D eigenvalue weighted by Crippen LogP contribution is -2.10. The van der Waals surface area contributed by atoms with Crippen molar-refractivity contribution in [1.29, 1.82) is 0 Å². The minimum Gasteiger partial charge on any atom is -0.252 e. The van der Waals surface area contributed by atoms with E-state index in [1.807, 2.05) is 6.21 Å². The van der Waals surface area contributed by atoms with Crippen LogP contribution < -0.4 is 0 Å². The monoisotopic (exact) mass is 289 g/mol. The van der Waals surface area contributed by atoms with Crippen LogP contribution >= 0.6 is 0 Å². The fourth-order valence-electron chi connectivity index (χ4n) is 2.76. The molecule has 0 aliphatic rings. The summed E-state index contributed by atoms with van der Waals surface area (Å²) in [5, 5.41) is 0. The molecule has 120 valence electrons. The Bertz CT molecular complexity index is 365. The average molecular weight is 290 g/mol. The Hall–Kier alpha value is -1.07. The van der Waals surface area contributed by atoms with Gasteiger partial charge in [0.05, 0.1) is 5.70 Å². The fourth-order valence-corrected chi connectivity index (χ4v) is 2.76. The predicted molar refractivity (Wildman–Crippen MR) is 96.9 cm³/mol. The molecule has 0 aromatic rings. The number of nitrogens with zero attached hydrogens (tertiary/aromatic N) is 1. The van der Waals surface area contributed by atoms with E-state index in [9.17, 15) is 0 Å². The van der Waals surface area contributed by atoms with Crippen LogP contribution in [0.25, 0.3) is 0 Å². The molecule has 0 amide bonds. The molecule has 1 nitrogen and oxygen atoms in total. The van der Waals surface area contributed by atoms with Crippen LogP contribution in [0.4, 0.5) is 0 Å². The second-order valence-corrected chi connectivity index (χ2v) is 5.84. The Labute approximate surface area is 132 Å². The van der Waals surface area contributed by atoms with Crippen molar-refractivity contribution in [3.8, 4) is 0 Å². The Morgan fingerprint density at radius 2 is 1.81 bits per heavy atom. The standard InChI is InChI=1S/C20H35N/c1-7-13-18(11-5)16-21-20(12-6)19(14-8-2)15-17(9-3)10-4/h11,16-17,19H,6-10,13-15H2,1-5H3/b18-11-,21-16?. The highest BCUT2D eigenvalue weighted by molar-refractivity contribution is 5.79.